The Morgan fingerprint density at radius 3 is 2.53 bits per heavy atom. The summed E-state index contributed by atoms with van der Waals surface area (Å²) >= 11 is 3.44. The van der Waals surface area contributed by atoms with Crippen molar-refractivity contribution in [2.45, 2.75) is 26.3 Å². The second kappa shape index (κ2) is 3.59. The highest BCUT2D eigenvalue weighted by Gasteiger charge is 2.31. The second-order valence-corrected chi connectivity index (χ2v) is 7.01. The number of aromatic nitrogens is 2. The lowest BCUT2D eigenvalue weighted by molar-refractivity contribution is 0.485. The third-order valence-electron chi connectivity index (χ3n) is 2.79. The molecule has 1 saturated heterocycles. The van der Waals surface area contributed by atoms with Crippen LogP contribution >= 0.6 is 15.9 Å². The lowest BCUT2D eigenvalue weighted by Crippen LogP contribution is -2.13. The van der Waals surface area contributed by atoms with Crippen LogP contribution in [0.2, 0.25) is 0 Å². The Kier molecular flexibility index (Phi) is 2.66. The maximum atomic E-state index is 11.4. The molecule has 1 atom stereocenters. The summed E-state index contributed by atoms with van der Waals surface area (Å²) in [5, 5.41) is 4.36. The number of hydrogen-bond acceptors (Lipinski definition) is 3. The fourth-order valence-corrected chi connectivity index (χ4v) is 3.92. The summed E-state index contributed by atoms with van der Waals surface area (Å²) in [6.45, 7) is 3.87. The highest BCUT2D eigenvalue weighted by Crippen LogP contribution is 2.28. The van der Waals surface area contributed by atoms with E-state index >= 15 is 0 Å². The van der Waals surface area contributed by atoms with Gasteiger partial charge in [-0.3, -0.25) is 4.68 Å². The molecule has 1 aromatic rings. The van der Waals surface area contributed by atoms with Crippen molar-refractivity contribution < 1.29 is 8.42 Å². The van der Waals surface area contributed by atoms with E-state index in [9.17, 15) is 8.42 Å². The SMILES string of the molecule is Cc1nn(C2CCS(=O)(=O)C2)c(C)c1Br. The maximum absolute atomic E-state index is 11.4. The van der Waals surface area contributed by atoms with Gasteiger partial charge in [-0.15, -0.1) is 0 Å². The Labute approximate surface area is 97.7 Å². The van der Waals surface area contributed by atoms with Crippen molar-refractivity contribution in [1.82, 2.24) is 9.78 Å². The quantitative estimate of drug-likeness (QED) is 0.790. The van der Waals surface area contributed by atoms with Gasteiger partial charge < -0.3 is 0 Å². The third-order valence-corrected chi connectivity index (χ3v) is 5.69. The molecular weight excluding hydrogens is 280 g/mol. The predicted molar refractivity (Wildman–Crippen MR) is 61.7 cm³/mol. The van der Waals surface area contributed by atoms with E-state index in [4.69, 9.17) is 0 Å². The Bertz CT molecular complexity index is 492. The van der Waals surface area contributed by atoms with Gasteiger partial charge >= 0.3 is 0 Å². The summed E-state index contributed by atoms with van der Waals surface area (Å²) in [6, 6.07) is 0.0139. The average molecular weight is 293 g/mol. The molecule has 2 heterocycles. The molecule has 1 fully saturated rings. The van der Waals surface area contributed by atoms with Gasteiger partial charge in [0.05, 0.1) is 33.4 Å². The molecule has 0 spiro atoms. The Morgan fingerprint density at radius 2 is 2.13 bits per heavy atom. The molecule has 0 radical (unpaired) electrons. The van der Waals surface area contributed by atoms with Crippen molar-refractivity contribution in [3.8, 4) is 0 Å². The normalized spacial score (nSPS) is 24.6. The van der Waals surface area contributed by atoms with Crippen LogP contribution in [0, 0.1) is 13.8 Å². The first kappa shape index (κ1) is 11.1. The molecule has 6 heteroatoms. The standard InChI is InChI=1S/C9H13BrN2O2S/c1-6-9(10)7(2)12(11-6)8-3-4-15(13,14)5-8/h8H,3-5H2,1-2H3. The molecular formula is C9H13BrN2O2S. The Hall–Kier alpha value is -0.360. The van der Waals surface area contributed by atoms with E-state index in [0.29, 0.717) is 6.42 Å². The molecule has 15 heavy (non-hydrogen) atoms. The van der Waals surface area contributed by atoms with Gasteiger partial charge in [-0.05, 0) is 36.2 Å². The van der Waals surface area contributed by atoms with Gasteiger partial charge in [-0.2, -0.15) is 5.10 Å². The number of rotatable bonds is 1. The van der Waals surface area contributed by atoms with Crippen molar-refractivity contribution in [2.24, 2.45) is 0 Å². The van der Waals surface area contributed by atoms with Crippen LogP contribution in [0.3, 0.4) is 0 Å². The smallest absolute Gasteiger partial charge is 0.152 e. The van der Waals surface area contributed by atoms with Crippen LogP contribution < -0.4 is 0 Å². The predicted octanol–water partition coefficient (Wildman–Crippen LogP) is 1.62. The maximum Gasteiger partial charge on any atom is 0.152 e. The van der Waals surface area contributed by atoms with Crippen molar-refractivity contribution >= 4 is 25.8 Å². The van der Waals surface area contributed by atoms with Crippen LogP contribution in [0.25, 0.3) is 0 Å². The molecule has 2 rings (SSSR count). The van der Waals surface area contributed by atoms with Crippen molar-refractivity contribution in [3.05, 3.63) is 15.9 Å². The monoisotopic (exact) mass is 292 g/mol. The summed E-state index contributed by atoms with van der Waals surface area (Å²) in [5.41, 5.74) is 1.92. The Morgan fingerprint density at radius 1 is 1.47 bits per heavy atom. The molecule has 1 aliphatic heterocycles. The van der Waals surface area contributed by atoms with Gasteiger partial charge in [0.25, 0.3) is 0 Å². The zero-order valence-electron chi connectivity index (χ0n) is 8.70. The molecule has 0 aliphatic carbocycles. The van der Waals surface area contributed by atoms with Crippen LogP contribution in [0.1, 0.15) is 23.9 Å². The van der Waals surface area contributed by atoms with Gasteiger partial charge in [-0.25, -0.2) is 8.42 Å². The third kappa shape index (κ3) is 1.97. The highest BCUT2D eigenvalue weighted by atomic mass is 79.9. The number of nitrogens with zero attached hydrogens (tertiary/aromatic N) is 2. The largest absolute Gasteiger partial charge is 0.264 e. The van der Waals surface area contributed by atoms with E-state index in [1.165, 1.54) is 0 Å². The van der Waals surface area contributed by atoms with Crippen LogP contribution in [0.5, 0.6) is 0 Å². The minimum absolute atomic E-state index is 0.0139. The molecule has 0 saturated carbocycles. The van der Waals surface area contributed by atoms with Gasteiger partial charge in [0.2, 0.25) is 0 Å². The topological polar surface area (TPSA) is 52.0 Å². The van der Waals surface area contributed by atoms with Gasteiger partial charge in [-0.1, -0.05) is 0 Å². The summed E-state index contributed by atoms with van der Waals surface area (Å²) in [6.07, 6.45) is 0.677. The number of hydrogen-bond donors (Lipinski definition) is 0. The van der Waals surface area contributed by atoms with E-state index in [0.717, 1.165) is 15.9 Å². The van der Waals surface area contributed by atoms with Crippen molar-refractivity contribution in [2.75, 3.05) is 11.5 Å². The van der Waals surface area contributed by atoms with Gasteiger partial charge in [0, 0.05) is 0 Å². The zero-order chi connectivity index (χ0) is 11.2. The molecule has 1 aliphatic rings. The van der Waals surface area contributed by atoms with Crippen LogP contribution in [-0.4, -0.2) is 29.7 Å². The molecule has 0 aromatic carbocycles. The fraction of sp³-hybridized carbons (Fsp3) is 0.667. The summed E-state index contributed by atoms with van der Waals surface area (Å²) in [4.78, 5) is 0. The van der Waals surface area contributed by atoms with E-state index in [1.54, 1.807) is 0 Å². The van der Waals surface area contributed by atoms with Crippen LogP contribution in [0.15, 0.2) is 4.47 Å². The van der Waals surface area contributed by atoms with E-state index < -0.39 is 9.84 Å². The molecule has 0 bridgehead atoms. The van der Waals surface area contributed by atoms with E-state index in [-0.39, 0.29) is 17.5 Å². The molecule has 1 aromatic heterocycles. The molecule has 84 valence electrons. The fourth-order valence-electron chi connectivity index (χ4n) is 1.97. The zero-order valence-corrected chi connectivity index (χ0v) is 11.1. The summed E-state index contributed by atoms with van der Waals surface area (Å²) in [7, 11) is -2.84. The molecule has 4 nitrogen and oxygen atoms in total. The van der Waals surface area contributed by atoms with Crippen molar-refractivity contribution in [1.29, 1.82) is 0 Å². The first-order valence-electron chi connectivity index (χ1n) is 4.82. The van der Waals surface area contributed by atoms with Crippen LogP contribution in [0.4, 0.5) is 0 Å². The lowest BCUT2D eigenvalue weighted by Gasteiger charge is -2.10. The van der Waals surface area contributed by atoms with Gasteiger partial charge in [0.1, 0.15) is 0 Å². The number of sulfone groups is 1. The second-order valence-electron chi connectivity index (χ2n) is 3.99. The Balaban J connectivity index is 2.36. The van der Waals surface area contributed by atoms with Gasteiger partial charge in [0.15, 0.2) is 9.84 Å². The van der Waals surface area contributed by atoms with Crippen molar-refractivity contribution in [3.63, 3.8) is 0 Å². The highest BCUT2D eigenvalue weighted by molar-refractivity contribution is 9.10. The minimum Gasteiger partial charge on any atom is -0.264 e. The summed E-state index contributed by atoms with van der Waals surface area (Å²) in [5.74, 6) is 0.509. The number of aryl methyl sites for hydroxylation is 1. The minimum atomic E-state index is -2.84. The lowest BCUT2D eigenvalue weighted by atomic mass is 10.2. The van der Waals surface area contributed by atoms with Crippen LogP contribution in [-0.2, 0) is 9.84 Å². The molecule has 0 N–H and O–H groups in total. The average Bonchev–Trinajstić information content (AvgIpc) is 2.62. The summed E-state index contributed by atoms with van der Waals surface area (Å²) < 4.78 is 25.5. The molecule has 1 unspecified atom stereocenters. The van der Waals surface area contributed by atoms with E-state index in [2.05, 4.69) is 21.0 Å². The van der Waals surface area contributed by atoms with E-state index in [1.807, 2.05) is 18.5 Å². The first-order valence-corrected chi connectivity index (χ1v) is 7.44. The first-order chi connectivity index (χ1) is 6.91. The molecule has 0 amide bonds. The number of halogens is 1.